The Labute approximate surface area is 349 Å². The highest BCUT2D eigenvalue weighted by Crippen LogP contribution is 2.33. The summed E-state index contributed by atoms with van der Waals surface area (Å²) in [5.74, 6) is 5.07. The fourth-order valence-electron chi connectivity index (χ4n) is 6.70. The molecule has 5 aromatic rings. The van der Waals surface area contributed by atoms with E-state index in [1.807, 2.05) is 50.5 Å². The summed E-state index contributed by atoms with van der Waals surface area (Å²) in [4.78, 5) is 45.6. The zero-order valence-electron chi connectivity index (χ0n) is 34.4. The summed E-state index contributed by atoms with van der Waals surface area (Å²) in [6.07, 6.45) is 3.66. The van der Waals surface area contributed by atoms with Crippen molar-refractivity contribution in [2.75, 3.05) is 19.3 Å². The summed E-state index contributed by atoms with van der Waals surface area (Å²) in [7, 11) is 1.56. The van der Waals surface area contributed by atoms with Gasteiger partial charge in [0.05, 0.1) is 21.8 Å². The number of amides is 3. The number of aromatic hydroxyl groups is 1. The topological polar surface area (TPSA) is 163 Å². The molecule has 59 heavy (non-hydrogen) atoms. The van der Waals surface area contributed by atoms with Gasteiger partial charge in [0, 0.05) is 43.1 Å². The maximum Gasteiger partial charge on any atom is 0.246 e. The van der Waals surface area contributed by atoms with E-state index in [4.69, 9.17) is 5.73 Å². The van der Waals surface area contributed by atoms with Crippen LogP contribution in [0.15, 0.2) is 78.3 Å². The fourth-order valence-corrected chi connectivity index (χ4v) is 7.51. The van der Waals surface area contributed by atoms with Crippen LogP contribution in [0.25, 0.3) is 32.8 Å². The number of benzene rings is 3. The van der Waals surface area contributed by atoms with Gasteiger partial charge in [0.2, 0.25) is 17.7 Å². The number of rotatable bonds is 10. The summed E-state index contributed by atoms with van der Waals surface area (Å²) in [5, 5.41) is 23.7. The predicted octanol–water partition coefficient (Wildman–Crippen LogP) is 7.71. The highest BCUT2D eigenvalue weighted by atomic mass is 32.1. The van der Waals surface area contributed by atoms with E-state index < -0.39 is 23.3 Å². The van der Waals surface area contributed by atoms with Crippen LogP contribution < -0.4 is 16.4 Å². The van der Waals surface area contributed by atoms with Gasteiger partial charge < -0.3 is 26.4 Å². The molecule has 0 bridgehead atoms. The number of nitrogens with two attached hydrogens (primary N) is 1. The average molecular weight is 818 g/mol. The fraction of sp³-hybridized carbons (Fsp3) is 0.348. The Hall–Kier alpha value is -6.13. The molecule has 3 heterocycles. The molecule has 5 N–H and O–H groups in total. The molecule has 2 aromatic heterocycles. The van der Waals surface area contributed by atoms with Crippen molar-refractivity contribution in [1.29, 1.82) is 0 Å². The van der Waals surface area contributed by atoms with Gasteiger partial charge in [-0.05, 0) is 91.1 Å². The first-order chi connectivity index (χ1) is 28.2. The van der Waals surface area contributed by atoms with Crippen molar-refractivity contribution in [3.8, 4) is 50.4 Å². The van der Waals surface area contributed by atoms with Crippen molar-refractivity contribution in [2.45, 2.75) is 85.2 Å². The van der Waals surface area contributed by atoms with Crippen LogP contribution in [0.2, 0.25) is 0 Å². The van der Waals surface area contributed by atoms with Crippen molar-refractivity contribution >= 4 is 34.9 Å². The van der Waals surface area contributed by atoms with Gasteiger partial charge in [-0.1, -0.05) is 75.9 Å². The van der Waals surface area contributed by atoms with Crippen LogP contribution in [0.5, 0.6) is 5.75 Å². The number of likely N-dealkylation sites (tertiary alicyclic amines) is 1. The van der Waals surface area contributed by atoms with Gasteiger partial charge in [-0.15, -0.1) is 21.5 Å². The molecule has 2 atom stereocenters. The Morgan fingerprint density at radius 2 is 1.73 bits per heavy atom. The van der Waals surface area contributed by atoms with Crippen molar-refractivity contribution in [1.82, 2.24) is 30.7 Å². The highest BCUT2D eigenvalue weighted by Gasteiger charge is 2.41. The Bertz CT molecular complexity index is 2310. The molecule has 6 rings (SSSR count). The zero-order chi connectivity index (χ0) is 42.7. The van der Waals surface area contributed by atoms with Gasteiger partial charge in [0.25, 0.3) is 0 Å². The van der Waals surface area contributed by atoms with E-state index in [1.54, 1.807) is 29.4 Å². The number of carbonyl (C=O) groups excluding carboxylic acids is 3. The molecule has 13 heteroatoms. The third-order valence-electron chi connectivity index (χ3n) is 10.1. The van der Waals surface area contributed by atoms with Crippen molar-refractivity contribution < 1.29 is 23.9 Å². The average Bonchev–Trinajstić information content (AvgIpc) is 3.90. The van der Waals surface area contributed by atoms with Crippen molar-refractivity contribution in [2.24, 2.45) is 5.41 Å². The first-order valence-corrected chi connectivity index (χ1v) is 20.6. The number of nitrogens with one attached hydrogen (secondary N) is 2. The molecule has 1 fully saturated rings. The third-order valence-corrected chi connectivity index (χ3v) is 11.0. The second-order valence-electron chi connectivity index (χ2n) is 15.4. The quantitative estimate of drug-likeness (QED) is 0.0823. The number of phenolic OH excluding ortho intramolecular Hbond substituents is 1. The molecule has 0 spiro atoms. The molecule has 0 saturated carbocycles. The molecular formula is C46H52FN7O4S. The highest BCUT2D eigenvalue weighted by molar-refractivity contribution is 7.13. The number of hydrogen-bond acceptors (Lipinski definition) is 9. The van der Waals surface area contributed by atoms with E-state index in [1.165, 1.54) is 28.1 Å². The van der Waals surface area contributed by atoms with Crippen LogP contribution in [0, 0.1) is 30.0 Å². The molecule has 0 radical (unpaired) electrons. The summed E-state index contributed by atoms with van der Waals surface area (Å²) < 4.78 is 13.7. The number of aryl methyl sites for hydroxylation is 2. The minimum Gasteiger partial charge on any atom is -0.507 e. The molecular weight excluding hydrogens is 766 g/mol. The van der Waals surface area contributed by atoms with Crippen LogP contribution in [-0.4, -0.2) is 68.6 Å². The summed E-state index contributed by atoms with van der Waals surface area (Å²) in [6.45, 7) is 10.4. The number of thiazole rings is 1. The first-order valence-electron chi connectivity index (χ1n) is 19.7. The minimum absolute atomic E-state index is 0.120. The van der Waals surface area contributed by atoms with Crippen LogP contribution in [0.3, 0.4) is 0 Å². The summed E-state index contributed by atoms with van der Waals surface area (Å²) >= 11 is 1.70. The van der Waals surface area contributed by atoms with Crippen LogP contribution >= 0.6 is 11.3 Å². The van der Waals surface area contributed by atoms with E-state index in [-0.39, 0.29) is 47.0 Å². The summed E-state index contributed by atoms with van der Waals surface area (Å²) in [5.41, 5.74) is 13.8. The van der Waals surface area contributed by atoms with E-state index in [0.717, 1.165) is 35.7 Å². The lowest BCUT2D eigenvalue weighted by molar-refractivity contribution is -0.143. The lowest BCUT2D eigenvalue weighted by Gasteiger charge is -2.35. The number of phenols is 1. The Kier molecular flexibility index (Phi) is 14.9. The second kappa shape index (κ2) is 20.0. The lowest BCUT2D eigenvalue weighted by Crippen LogP contribution is -2.57. The van der Waals surface area contributed by atoms with Gasteiger partial charge in [0.15, 0.2) is 5.82 Å². The standard InChI is InChI=1S/C34H39FN6O4.C12H13NS/c1-34(2,3)30(33(45)41-18-8-10-27(41)32(44)37-4)38-29(43)11-7-5-6-9-21-12-14-22(15-13-21)24-20-26(39-40-31(24)36)25-19-23(35)16-17-28(25)42;1-3-10-4-6-11(7-5-10)12-9(2)13-8-14-12/h12-17,19-20,27,30,42H,5,7-8,10-11,18H2,1-4H3,(H2,36,40)(H,37,44)(H,38,43);4-8H,3H2,1-2H3. The van der Waals surface area contributed by atoms with Gasteiger partial charge in [-0.25, -0.2) is 9.37 Å². The normalized spacial score (nSPS) is 14.0. The summed E-state index contributed by atoms with van der Waals surface area (Å²) in [6, 6.07) is 20.0. The van der Waals surface area contributed by atoms with Crippen molar-refractivity contribution in [3.05, 3.63) is 101 Å². The van der Waals surface area contributed by atoms with E-state index in [0.29, 0.717) is 31.4 Å². The molecule has 11 nitrogen and oxygen atoms in total. The minimum atomic E-state index is -0.750. The number of unbranched alkanes of at least 4 members (excludes halogenated alkanes) is 1. The Balaban J connectivity index is 0.000000395. The van der Waals surface area contributed by atoms with Crippen LogP contribution in [0.4, 0.5) is 10.2 Å². The molecule has 3 amide bonds. The maximum atomic E-state index is 13.7. The van der Waals surface area contributed by atoms with E-state index in [2.05, 4.69) is 75.8 Å². The van der Waals surface area contributed by atoms with E-state index in [9.17, 15) is 23.9 Å². The van der Waals surface area contributed by atoms with E-state index >= 15 is 0 Å². The SMILES string of the molecule is CCc1ccc(-c2scnc2C)cc1.CNC(=O)C1CCCN1C(=O)C(NC(=O)CCCC#Cc1ccc(-c2cc(-c3cc(F)ccc3O)nnc2N)cc1)C(C)(C)C. The zero-order valence-corrected chi connectivity index (χ0v) is 35.3. The van der Waals surface area contributed by atoms with Gasteiger partial charge in [-0.3, -0.25) is 14.4 Å². The molecule has 308 valence electrons. The number of likely N-dealkylation sites (N-methyl/N-ethyl adjacent to an activating group) is 1. The maximum absolute atomic E-state index is 13.7. The lowest BCUT2D eigenvalue weighted by atomic mass is 9.85. The Morgan fingerprint density at radius 3 is 2.37 bits per heavy atom. The van der Waals surface area contributed by atoms with Crippen LogP contribution in [-0.2, 0) is 20.8 Å². The molecule has 0 aliphatic carbocycles. The third kappa shape index (κ3) is 11.5. The monoisotopic (exact) mass is 817 g/mol. The van der Waals surface area contributed by atoms with Gasteiger partial charge in [-0.2, -0.15) is 0 Å². The Morgan fingerprint density at radius 1 is 1.02 bits per heavy atom. The number of halogens is 1. The number of anilines is 1. The first kappa shape index (κ1) is 44.0. The number of carbonyl (C=O) groups is 3. The van der Waals surface area contributed by atoms with Crippen molar-refractivity contribution in [3.63, 3.8) is 0 Å². The molecule has 1 aliphatic heterocycles. The van der Waals surface area contributed by atoms with Crippen LogP contribution in [0.1, 0.15) is 76.6 Å². The van der Waals surface area contributed by atoms with Gasteiger partial charge >= 0.3 is 0 Å². The van der Waals surface area contributed by atoms with Gasteiger partial charge in [0.1, 0.15) is 23.7 Å². The molecule has 3 aromatic carbocycles. The number of nitrogens with zero attached hydrogens (tertiary/aromatic N) is 4. The molecule has 1 aliphatic rings. The number of nitrogen functional groups attached to an aromatic ring is 1. The number of aromatic nitrogens is 3. The number of hydrogen-bond donors (Lipinski definition) is 4. The molecule has 1 saturated heterocycles. The second-order valence-corrected chi connectivity index (χ2v) is 16.3. The predicted molar refractivity (Wildman–Crippen MR) is 232 cm³/mol. The molecule has 2 unspecified atom stereocenters. The largest absolute Gasteiger partial charge is 0.507 e. The smallest absolute Gasteiger partial charge is 0.246 e.